The molecule has 57 heavy (non-hydrogen) atoms. The number of ether oxygens (including phenoxy) is 1. The number of allylic oxidation sites excluding steroid dienone is 3. The van der Waals surface area contributed by atoms with Gasteiger partial charge in [-0.25, -0.2) is 4.79 Å². The molecule has 8 aliphatic carbocycles. The van der Waals surface area contributed by atoms with Crippen LogP contribution in [0.4, 0.5) is 0 Å². The number of aliphatic hydroxyl groups excluding tert-OH is 5. The summed E-state index contributed by atoms with van der Waals surface area (Å²) in [5.74, 6) is -1.41. The Morgan fingerprint density at radius 1 is 0.754 bits per heavy atom. The van der Waals surface area contributed by atoms with Crippen LogP contribution in [0.2, 0.25) is 0 Å². The average Bonchev–Trinajstić information content (AvgIpc) is 3.86. The number of carbonyl (C=O) groups excluding carboxylic acids is 3. The summed E-state index contributed by atoms with van der Waals surface area (Å²) in [4.78, 5) is 40.5. The molecule has 0 aromatic heterocycles. The standard InChI is InChI=1S/C25H34O6.C20H28O5.CH4/c1-7-12(2)22(29)31-21-13(3)10-24-14(4)8-17-18(23(17,5)6)16(20(24)28)9-15(11-26)19(27)25(21,24)30;1-9-7-19-10(2)5-13-14(18(13,3)4)12(17(19)24)6-11(8-21)16(23)20(19,25)15(9)22;/h7,9-10,14,16-19,21,26-27,30H,8,11H2,1-6H3;6-7,10,12-16,21-23,25H,5,8H2,1-4H3;1H4/b12-7-;;/t14-,16+,17-,18+,19-,21+,24+,25+;10-,12+,13-,14+,15+,16-,19+,20-;/m11./s1. The SMILES string of the molecule is C.C/C=C(/C)C(=O)O[C@H]1C(C)=C[C@]23C(=O)[C@@H](C=C(CO)[C@@H](O)[C@]12O)[C@H]1[C@@H](C[C@H]3C)C1(C)C.CC1=C[C@]23C(=O)[C@@H](C=C(CO)[C@@H](O)[C@]2(O)[C@H]1O)[C@H]1[C@@H](C[C@H]3C)C1(C)C. The van der Waals surface area contributed by atoms with E-state index in [-0.39, 0.29) is 64.6 Å². The normalized spacial score (nSPS) is 48.1. The van der Waals surface area contributed by atoms with E-state index in [4.69, 9.17) is 4.74 Å². The Morgan fingerprint density at radius 3 is 1.58 bits per heavy atom. The van der Waals surface area contributed by atoms with Crippen LogP contribution in [0, 0.1) is 69.0 Å². The van der Waals surface area contributed by atoms with E-state index in [1.54, 1.807) is 58.1 Å². The largest absolute Gasteiger partial charge is 0.451 e. The van der Waals surface area contributed by atoms with E-state index in [1.807, 2.05) is 13.8 Å². The number of hydrogen-bond acceptors (Lipinski definition) is 11. The summed E-state index contributed by atoms with van der Waals surface area (Å²) in [6.45, 7) is 18.3. The van der Waals surface area contributed by atoms with Gasteiger partial charge in [0.2, 0.25) is 0 Å². The predicted molar refractivity (Wildman–Crippen MR) is 213 cm³/mol. The molecule has 0 unspecified atom stereocenters. The third-order valence-corrected chi connectivity index (χ3v) is 16.8. The van der Waals surface area contributed by atoms with Crippen molar-refractivity contribution in [2.45, 2.75) is 125 Å². The number of ketones is 2. The first-order valence-corrected chi connectivity index (χ1v) is 20.4. The Balaban J connectivity index is 0.000000193. The lowest BCUT2D eigenvalue weighted by molar-refractivity contribution is -0.201. The average molecular weight is 795 g/mol. The predicted octanol–water partition coefficient (Wildman–Crippen LogP) is 3.78. The molecular weight excluding hydrogens is 728 g/mol. The van der Waals surface area contributed by atoms with Gasteiger partial charge in [0.1, 0.15) is 23.9 Å². The first kappa shape index (κ1) is 43.8. The van der Waals surface area contributed by atoms with Gasteiger partial charge in [0.25, 0.3) is 0 Å². The first-order chi connectivity index (χ1) is 25.9. The summed E-state index contributed by atoms with van der Waals surface area (Å²) in [7, 11) is 0. The van der Waals surface area contributed by atoms with Crippen molar-refractivity contribution < 1.29 is 54.9 Å². The van der Waals surface area contributed by atoms with Crippen LogP contribution in [-0.2, 0) is 19.1 Å². The van der Waals surface area contributed by atoms with Gasteiger partial charge >= 0.3 is 5.97 Å². The van der Waals surface area contributed by atoms with Crippen molar-refractivity contribution in [2.24, 2.45) is 69.0 Å². The van der Waals surface area contributed by atoms with Crippen molar-refractivity contribution >= 4 is 17.5 Å². The minimum absolute atomic E-state index is 0. The van der Waals surface area contributed by atoms with E-state index >= 15 is 0 Å². The van der Waals surface area contributed by atoms with E-state index < -0.39 is 77.5 Å². The van der Waals surface area contributed by atoms with Crippen LogP contribution in [0.3, 0.4) is 0 Å². The summed E-state index contributed by atoms with van der Waals surface area (Å²) in [5, 5.41) is 76.7. The van der Waals surface area contributed by atoms with E-state index in [0.717, 1.165) is 12.8 Å². The molecule has 4 saturated carbocycles. The maximum absolute atomic E-state index is 14.2. The number of Topliss-reactive ketones (excluding diaryl/α,β-unsaturated/α-hetero) is 2. The van der Waals surface area contributed by atoms with Crippen LogP contribution in [-0.4, -0.2) is 102 Å². The number of fused-ring (bicyclic) bond motifs is 6. The summed E-state index contributed by atoms with van der Waals surface area (Å²) in [5.41, 5.74) is -4.95. The van der Waals surface area contributed by atoms with Crippen molar-refractivity contribution in [1.82, 2.24) is 0 Å². The third-order valence-electron chi connectivity index (χ3n) is 16.8. The van der Waals surface area contributed by atoms with Gasteiger partial charge in [0.05, 0.1) is 24.0 Å². The highest BCUT2D eigenvalue weighted by Crippen LogP contribution is 2.73. The van der Waals surface area contributed by atoms with E-state index in [1.165, 1.54) is 0 Å². The fourth-order valence-corrected chi connectivity index (χ4v) is 13.3. The summed E-state index contributed by atoms with van der Waals surface area (Å²) >= 11 is 0. The van der Waals surface area contributed by atoms with E-state index in [2.05, 4.69) is 27.7 Å². The number of aliphatic hydroxyl groups is 7. The Kier molecular flexibility index (Phi) is 10.5. The Bertz CT molecular complexity index is 1900. The minimum atomic E-state index is -2.08. The molecule has 0 aliphatic heterocycles. The molecule has 316 valence electrons. The quantitative estimate of drug-likeness (QED) is 0.124. The smallest absolute Gasteiger partial charge is 0.334 e. The fraction of sp³-hybridized carbons (Fsp3) is 0.717. The van der Waals surface area contributed by atoms with Crippen molar-refractivity contribution in [1.29, 1.82) is 0 Å². The molecule has 0 aromatic carbocycles. The Hall–Kier alpha value is -2.77. The van der Waals surface area contributed by atoms with Crippen LogP contribution >= 0.6 is 0 Å². The van der Waals surface area contributed by atoms with Crippen LogP contribution in [0.1, 0.15) is 89.5 Å². The lowest BCUT2D eigenvalue weighted by Crippen LogP contribution is -2.65. The van der Waals surface area contributed by atoms with Crippen LogP contribution in [0.5, 0.6) is 0 Å². The lowest BCUT2D eigenvalue weighted by Gasteiger charge is -2.48. The second-order valence-electron chi connectivity index (χ2n) is 19.9. The summed E-state index contributed by atoms with van der Waals surface area (Å²) in [6, 6.07) is 0. The lowest BCUT2D eigenvalue weighted by atomic mass is 9.59. The number of hydrogen-bond donors (Lipinski definition) is 7. The van der Waals surface area contributed by atoms with Gasteiger partial charge in [-0.3, -0.25) is 9.59 Å². The molecule has 0 radical (unpaired) electrons. The monoisotopic (exact) mass is 794 g/mol. The van der Waals surface area contributed by atoms with Crippen molar-refractivity contribution in [3.63, 3.8) is 0 Å². The van der Waals surface area contributed by atoms with Crippen LogP contribution in [0.25, 0.3) is 0 Å². The topological polar surface area (TPSA) is 202 Å². The summed E-state index contributed by atoms with van der Waals surface area (Å²) < 4.78 is 5.72. The fourth-order valence-electron chi connectivity index (χ4n) is 13.3. The molecule has 4 fully saturated rings. The zero-order chi connectivity index (χ0) is 41.6. The third kappa shape index (κ3) is 5.24. The Labute approximate surface area is 337 Å². The molecule has 0 heterocycles. The molecule has 8 aliphatic rings. The highest BCUT2D eigenvalue weighted by Gasteiger charge is 2.78. The van der Waals surface area contributed by atoms with Crippen molar-refractivity contribution in [3.05, 3.63) is 58.2 Å². The summed E-state index contributed by atoms with van der Waals surface area (Å²) in [6.07, 6.45) is 4.38. The number of carbonyl (C=O) groups is 3. The molecule has 4 bridgehead atoms. The van der Waals surface area contributed by atoms with E-state index in [9.17, 15) is 50.1 Å². The van der Waals surface area contributed by atoms with Gasteiger partial charge in [-0.2, -0.15) is 0 Å². The first-order valence-electron chi connectivity index (χ1n) is 20.4. The van der Waals surface area contributed by atoms with Crippen molar-refractivity contribution in [3.8, 4) is 0 Å². The molecule has 7 N–H and O–H groups in total. The maximum atomic E-state index is 14.2. The molecule has 8 rings (SSSR count). The number of rotatable bonds is 4. The molecule has 0 amide bonds. The van der Waals surface area contributed by atoms with Gasteiger partial charge in [-0.05, 0) is 109 Å². The molecule has 0 aromatic rings. The molecule has 16 atom stereocenters. The zero-order valence-corrected chi connectivity index (χ0v) is 34.4. The zero-order valence-electron chi connectivity index (χ0n) is 34.4. The second-order valence-corrected chi connectivity index (χ2v) is 19.9. The highest BCUT2D eigenvalue weighted by atomic mass is 16.6. The van der Waals surface area contributed by atoms with Gasteiger partial charge in [0, 0.05) is 17.4 Å². The minimum Gasteiger partial charge on any atom is -0.451 e. The van der Waals surface area contributed by atoms with Gasteiger partial charge < -0.3 is 40.5 Å². The van der Waals surface area contributed by atoms with Gasteiger partial charge in [-0.15, -0.1) is 0 Å². The maximum Gasteiger partial charge on any atom is 0.334 e. The highest BCUT2D eigenvalue weighted by molar-refractivity contribution is 5.96. The second kappa shape index (κ2) is 13.6. The van der Waals surface area contributed by atoms with Gasteiger partial charge in [0.15, 0.2) is 23.3 Å². The number of esters is 1. The van der Waals surface area contributed by atoms with Gasteiger partial charge in [-0.1, -0.05) is 79.3 Å². The molecule has 11 nitrogen and oxygen atoms in total. The van der Waals surface area contributed by atoms with Crippen LogP contribution < -0.4 is 0 Å². The molecule has 2 spiro atoms. The molecular formula is C46H66O11. The molecule has 0 saturated heterocycles. The van der Waals surface area contributed by atoms with E-state index in [0.29, 0.717) is 28.6 Å². The van der Waals surface area contributed by atoms with Crippen LogP contribution in [0.15, 0.2) is 58.2 Å². The Morgan fingerprint density at radius 2 is 1.16 bits per heavy atom. The van der Waals surface area contributed by atoms with Crippen molar-refractivity contribution in [2.75, 3.05) is 13.2 Å². The molecule has 11 heteroatoms.